The van der Waals surface area contributed by atoms with Crippen LogP contribution in [0, 0.1) is 6.92 Å². The lowest BCUT2D eigenvalue weighted by molar-refractivity contribution is 0.102. The van der Waals surface area contributed by atoms with Crippen molar-refractivity contribution >= 4 is 44.3 Å². The molecule has 0 saturated carbocycles. The maximum atomic E-state index is 12.5. The highest BCUT2D eigenvalue weighted by atomic mass is 32.2. The molecule has 0 bridgehead atoms. The minimum atomic E-state index is -3.59. The first-order chi connectivity index (χ1) is 12.3. The maximum absolute atomic E-state index is 12.5. The van der Waals surface area contributed by atoms with Crippen molar-refractivity contribution in [3.05, 3.63) is 52.3 Å². The van der Waals surface area contributed by atoms with Gasteiger partial charge in [-0.05, 0) is 36.1 Å². The number of rotatable bonds is 5. The number of hydrogen-bond donors (Lipinski definition) is 1. The number of thiophene rings is 1. The molecule has 3 aromatic rings. The number of nitrogens with one attached hydrogen (secondary N) is 1. The number of aryl methyl sites for hydroxylation is 1. The second-order valence-corrected chi connectivity index (χ2v) is 9.66. The molecule has 0 aliphatic carbocycles. The van der Waals surface area contributed by atoms with Crippen LogP contribution in [0.2, 0.25) is 0 Å². The fourth-order valence-corrected chi connectivity index (χ4v) is 5.00. The first kappa shape index (κ1) is 18.7. The van der Waals surface area contributed by atoms with E-state index in [0.717, 1.165) is 14.2 Å². The first-order valence-corrected chi connectivity index (χ1v) is 10.8. The van der Waals surface area contributed by atoms with Crippen LogP contribution in [-0.2, 0) is 10.0 Å². The molecule has 0 aliphatic rings. The standard InChI is InChI=1S/C17H17N3O3S3/c1-11-6-7-12(9-15(11)26(22,23)20(2)3)18-16(21)13-10-25-17(19-13)14-5-4-8-24-14/h4-10H,1-3H3,(H,18,21). The molecule has 0 atom stereocenters. The molecule has 3 rings (SSSR count). The third-order valence-electron chi connectivity index (χ3n) is 3.67. The van der Waals surface area contributed by atoms with Crippen LogP contribution in [0.15, 0.2) is 46.0 Å². The molecule has 0 saturated heterocycles. The second-order valence-electron chi connectivity index (χ2n) is 5.74. The topological polar surface area (TPSA) is 79.4 Å². The molecule has 6 nitrogen and oxygen atoms in total. The molecule has 1 N–H and O–H groups in total. The fraction of sp³-hybridized carbons (Fsp3) is 0.176. The van der Waals surface area contributed by atoms with Crippen LogP contribution in [-0.4, -0.2) is 37.7 Å². The summed E-state index contributed by atoms with van der Waals surface area (Å²) in [6, 6.07) is 8.69. The molecule has 0 aliphatic heterocycles. The van der Waals surface area contributed by atoms with Crippen LogP contribution in [0.25, 0.3) is 9.88 Å². The van der Waals surface area contributed by atoms with E-state index >= 15 is 0 Å². The Hall–Kier alpha value is -2.07. The molecule has 0 radical (unpaired) electrons. The molecule has 0 spiro atoms. The normalized spacial score (nSPS) is 11.7. The number of carbonyl (C=O) groups excluding carboxylic acids is 1. The predicted octanol–water partition coefficient (Wildman–Crippen LogP) is 3.68. The molecule has 2 aromatic heterocycles. The quantitative estimate of drug-likeness (QED) is 0.700. The number of nitrogens with zero attached hydrogens (tertiary/aromatic N) is 2. The van der Waals surface area contributed by atoms with Gasteiger partial charge in [0.1, 0.15) is 10.7 Å². The van der Waals surface area contributed by atoms with Gasteiger partial charge in [-0.1, -0.05) is 12.1 Å². The van der Waals surface area contributed by atoms with Crippen LogP contribution in [0.1, 0.15) is 16.1 Å². The number of thiazole rings is 1. The SMILES string of the molecule is Cc1ccc(NC(=O)c2csc(-c3cccs3)n2)cc1S(=O)(=O)N(C)C. The van der Waals surface area contributed by atoms with Gasteiger partial charge < -0.3 is 5.32 Å². The smallest absolute Gasteiger partial charge is 0.275 e. The van der Waals surface area contributed by atoms with Gasteiger partial charge in [0.15, 0.2) is 0 Å². The van der Waals surface area contributed by atoms with Gasteiger partial charge >= 0.3 is 0 Å². The molecule has 136 valence electrons. The van der Waals surface area contributed by atoms with E-state index in [1.54, 1.807) is 35.8 Å². The van der Waals surface area contributed by atoms with E-state index in [4.69, 9.17) is 0 Å². The zero-order chi connectivity index (χ0) is 18.9. The Morgan fingerprint density at radius 2 is 1.96 bits per heavy atom. The molecular formula is C17H17N3O3S3. The third kappa shape index (κ3) is 3.70. The lowest BCUT2D eigenvalue weighted by Gasteiger charge is -2.15. The summed E-state index contributed by atoms with van der Waals surface area (Å²) in [5.41, 5.74) is 1.33. The lowest BCUT2D eigenvalue weighted by Crippen LogP contribution is -2.23. The highest BCUT2D eigenvalue weighted by Gasteiger charge is 2.21. The van der Waals surface area contributed by atoms with Gasteiger partial charge in [0.05, 0.1) is 9.77 Å². The summed E-state index contributed by atoms with van der Waals surface area (Å²) in [5.74, 6) is -0.374. The molecule has 26 heavy (non-hydrogen) atoms. The summed E-state index contributed by atoms with van der Waals surface area (Å²) < 4.78 is 25.9. The van der Waals surface area contributed by atoms with Gasteiger partial charge in [-0.15, -0.1) is 22.7 Å². The molecule has 1 amide bonds. The second kappa shape index (κ2) is 7.28. The van der Waals surface area contributed by atoms with Gasteiger partial charge in [-0.2, -0.15) is 0 Å². The molecule has 0 fully saturated rings. The fourth-order valence-electron chi connectivity index (χ4n) is 2.24. The zero-order valence-corrected chi connectivity index (χ0v) is 16.8. The summed E-state index contributed by atoms with van der Waals surface area (Å²) in [6.07, 6.45) is 0. The number of sulfonamides is 1. The van der Waals surface area contributed by atoms with Crippen LogP contribution < -0.4 is 5.32 Å². The summed E-state index contributed by atoms with van der Waals surface area (Å²) in [4.78, 5) is 18.0. The van der Waals surface area contributed by atoms with Crippen LogP contribution >= 0.6 is 22.7 Å². The van der Waals surface area contributed by atoms with Crippen molar-refractivity contribution in [1.82, 2.24) is 9.29 Å². The number of hydrogen-bond acceptors (Lipinski definition) is 6. The van der Waals surface area contributed by atoms with Crippen molar-refractivity contribution in [3.8, 4) is 9.88 Å². The van der Waals surface area contributed by atoms with E-state index in [1.807, 2.05) is 17.5 Å². The first-order valence-electron chi connectivity index (χ1n) is 7.63. The van der Waals surface area contributed by atoms with Crippen molar-refractivity contribution in [2.45, 2.75) is 11.8 Å². The van der Waals surface area contributed by atoms with E-state index in [1.165, 1.54) is 31.5 Å². The van der Waals surface area contributed by atoms with Crippen molar-refractivity contribution < 1.29 is 13.2 Å². The largest absolute Gasteiger partial charge is 0.321 e. The Morgan fingerprint density at radius 3 is 2.62 bits per heavy atom. The Morgan fingerprint density at radius 1 is 1.19 bits per heavy atom. The molecule has 2 heterocycles. The molecule has 9 heteroatoms. The molecular weight excluding hydrogens is 390 g/mol. The van der Waals surface area contributed by atoms with Gasteiger partial charge in [0, 0.05) is 25.2 Å². The minimum absolute atomic E-state index is 0.165. The van der Waals surface area contributed by atoms with Crippen molar-refractivity contribution in [2.24, 2.45) is 0 Å². The Kier molecular flexibility index (Phi) is 5.24. The average molecular weight is 408 g/mol. The Bertz CT molecular complexity index is 1040. The summed E-state index contributed by atoms with van der Waals surface area (Å²) >= 11 is 2.95. The van der Waals surface area contributed by atoms with Gasteiger partial charge in [-0.3, -0.25) is 4.79 Å². The van der Waals surface area contributed by atoms with Gasteiger partial charge in [-0.25, -0.2) is 17.7 Å². The van der Waals surface area contributed by atoms with Crippen LogP contribution in [0.5, 0.6) is 0 Å². The lowest BCUT2D eigenvalue weighted by atomic mass is 10.2. The average Bonchev–Trinajstić information content (AvgIpc) is 3.27. The number of benzene rings is 1. The van der Waals surface area contributed by atoms with E-state index in [-0.39, 0.29) is 10.8 Å². The third-order valence-corrected chi connectivity index (χ3v) is 7.51. The monoisotopic (exact) mass is 407 g/mol. The van der Waals surface area contributed by atoms with Crippen molar-refractivity contribution in [2.75, 3.05) is 19.4 Å². The van der Waals surface area contributed by atoms with E-state index in [2.05, 4.69) is 10.3 Å². The van der Waals surface area contributed by atoms with Gasteiger partial charge in [0.25, 0.3) is 5.91 Å². The number of anilines is 1. The Labute approximate surface area is 160 Å². The maximum Gasteiger partial charge on any atom is 0.275 e. The number of amides is 1. The van der Waals surface area contributed by atoms with Gasteiger partial charge in [0.2, 0.25) is 10.0 Å². The van der Waals surface area contributed by atoms with E-state index in [9.17, 15) is 13.2 Å². The predicted molar refractivity (Wildman–Crippen MR) is 105 cm³/mol. The zero-order valence-electron chi connectivity index (χ0n) is 14.4. The summed E-state index contributed by atoms with van der Waals surface area (Å²) in [6.45, 7) is 1.72. The number of carbonyl (C=O) groups is 1. The van der Waals surface area contributed by atoms with Crippen LogP contribution in [0.4, 0.5) is 5.69 Å². The molecule has 0 unspecified atom stereocenters. The highest BCUT2D eigenvalue weighted by Crippen LogP contribution is 2.28. The van der Waals surface area contributed by atoms with Crippen molar-refractivity contribution in [1.29, 1.82) is 0 Å². The summed E-state index contributed by atoms with van der Waals surface area (Å²) in [5, 5.41) is 7.15. The number of aromatic nitrogens is 1. The minimum Gasteiger partial charge on any atom is -0.321 e. The van der Waals surface area contributed by atoms with Crippen molar-refractivity contribution in [3.63, 3.8) is 0 Å². The van der Waals surface area contributed by atoms with E-state index < -0.39 is 10.0 Å². The Balaban J connectivity index is 1.84. The molecule has 1 aromatic carbocycles. The summed E-state index contributed by atoms with van der Waals surface area (Å²) in [7, 11) is -0.639. The van der Waals surface area contributed by atoms with Crippen LogP contribution in [0.3, 0.4) is 0 Å². The highest BCUT2D eigenvalue weighted by molar-refractivity contribution is 7.89. The van der Waals surface area contributed by atoms with E-state index in [0.29, 0.717) is 16.9 Å².